The van der Waals surface area contributed by atoms with Crippen LogP contribution in [0.15, 0.2) is 24.4 Å². The van der Waals surface area contributed by atoms with E-state index in [0.717, 1.165) is 17.9 Å². The number of ether oxygens (including phenoxy) is 1. The maximum absolute atomic E-state index is 12.5. The summed E-state index contributed by atoms with van der Waals surface area (Å²) >= 11 is 0. The Morgan fingerprint density at radius 2 is 2.30 bits per heavy atom. The highest BCUT2D eigenvalue weighted by molar-refractivity contribution is 5.74. The lowest BCUT2D eigenvalue weighted by molar-refractivity contribution is 0.00547. The van der Waals surface area contributed by atoms with E-state index in [9.17, 15) is 4.79 Å². The Morgan fingerprint density at radius 1 is 1.43 bits per heavy atom. The van der Waals surface area contributed by atoms with Gasteiger partial charge in [-0.1, -0.05) is 19.9 Å². The van der Waals surface area contributed by atoms with Gasteiger partial charge in [-0.15, -0.1) is 10.2 Å². The predicted octanol–water partition coefficient (Wildman–Crippen LogP) is 1.69. The van der Waals surface area contributed by atoms with E-state index in [4.69, 9.17) is 4.74 Å². The molecule has 2 aromatic rings. The van der Waals surface area contributed by atoms with E-state index < -0.39 is 0 Å². The second-order valence-corrected chi connectivity index (χ2v) is 6.26. The molecule has 0 aromatic carbocycles. The molecular weight excluding hydrogens is 294 g/mol. The van der Waals surface area contributed by atoms with E-state index in [-0.39, 0.29) is 12.1 Å². The van der Waals surface area contributed by atoms with Crippen LogP contribution in [0.3, 0.4) is 0 Å². The molecule has 1 fully saturated rings. The van der Waals surface area contributed by atoms with Crippen LogP contribution in [0.1, 0.15) is 26.1 Å². The van der Waals surface area contributed by atoms with Crippen molar-refractivity contribution in [3.8, 4) is 0 Å². The average molecular weight is 317 g/mol. The molecule has 1 N–H and O–H groups in total. The third-order valence-electron chi connectivity index (χ3n) is 4.01. The predicted molar refractivity (Wildman–Crippen MR) is 86.0 cm³/mol. The average Bonchev–Trinajstić information content (AvgIpc) is 2.96. The topological polar surface area (TPSA) is 71.8 Å². The molecule has 0 bridgehead atoms. The Kier molecular flexibility index (Phi) is 4.76. The van der Waals surface area contributed by atoms with E-state index in [2.05, 4.69) is 29.4 Å². The summed E-state index contributed by atoms with van der Waals surface area (Å²) in [6.07, 6.45) is 2.84. The van der Waals surface area contributed by atoms with E-state index in [1.807, 2.05) is 33.7 Å². The van der Waals surface area contributed by atoms with Crippen LogP contribution in [0, 0.1) is 5.92 Å². The minimum atomic E-state index is -0.0633. The first-order valence-corrected chi connectivity index (χ1v) is 8.06. The number of amides is 2. The zero-order valence-corrected chi connectivity index (χ0v) is 13.6. The van der Waals surface area contributed by atoms with Crippen LogP contribution in [0.25, 0.3) is 5.65 Å². The summed E-state index contributed by atoms with van der Waals surface area (Å²) < 4.78 is 7.40. The van der Waals surface area contributed by atoms with Crippen molar-refractivity contribution in [1.29, 1.82) is 0 Å². The fourth-order valence-corrected chi connectivity index (χ4v) is 2.93. The molecule has 7 heteroatoms. The maximum atomic E-state index is 12.5. The zero-order valence-electron chi connectivity index (χ0n) is 13.6. The number of carbonyl (C=O) groups is 1. The van der Waals surface area contributed by atoms with Gasteiger partial charge in [0.15, 0.2) is 11.5 Å². The molecule has 124 valence electrons. The van der Waals surface area contributed by atoms with Gasteiger partial charge in [-0.25, -0.2) is 4.79 Å². The SMILES string of the molecule is CC(C)C[C@H]1COCCN1C(=O)NCc1nnc2ccccn12. The maximum Gasteiger partial charge on any atom is 0.318 e. The number of rotatable bonds is 4. The Balaban J connectivity index is 1.63. The molecule has 0 saturated carbocycles. The molecule has 1 aliphatic heterocycles. The van der Waals surface area contributed by atoms with Crippen molar-refractivity contribution in [2.75, 3.05) is 19.8 Å². The fourth-order valence-electron chi connectivity index (χ4n) is 2.93. The molecule has 1 atom stereocenters. The van der Waals surface area contributed by atoms with Gasteiger partial charge in [-0.3, -0.25) is 4.40 Å². The van der Waals surface area contributed by atoms with Gasteiger partial charge in [-0.05, 0) is 24.5 Å². The van der Waals surface area contributed by atoms with Gasteiger partial charge in [0.05, 0.1) is 25.8 Å². The van der Waals surface area contributed by atoms with Crippen LogP contribution in [0.2, 0.25) is 0 Å². The normalized spacial score (nSPS) is 18.6. The lowest BCUT2D eigenvalue weighted by Gasteiger charge is -2.36. The van der Waals surface area contributed by atoms with Crippen molar-refractivity contribution >= 4 is 11.7 Å². The van der Waals surface area contributed by atoms with Crippen molar-refractivity contribution in [1.82, 2.24) is 24.8 Å². The van der Waals surface area contributed by atoms with E-state index in [1.165, 1.54) is 0 Å². The third-order valence-corrected chi connectivity index (χ3v) is 4.01. The second-order valence-electron chi connectivity index (χ2n) is 6.26. The number of carbonyl (C=O) groups excluding carboxylic acids is 1. The highest BCUT2D eigenvalue weighted by Gasteiger charge is 2.27. The van der Waals surface area contributed by atoms with Crippen LogP contribution in [0.5, 0.6) is 0 Å². The van der Waals surface area contributed by atoms with Crippen molar-refractivity contribution in [3.05, 3.63) is 30.2 Å². The lowest BCUT2D eigenvalue weighted by atomic mass is 10.0. The summed E-state index contributed by atoms with van der Waals surface area (Å²) in [5.74, 6) is 1.25. The standard InChI is InChI=1S/C16H23N5O2/c1-12(2)9-13-11-23-8-7-20(13)16(22)17-10-15-19-18-14-5-3-4-6-21(14)15/h3-6,12-13H,7-11H2,1-2H3,(H,17,22)/t13-/m0/s1. The fraction of sp³-hybridized carbons (Fsp3) is 0.562. The molecule has 0 spiro atoms. The van der Waals surface area contributed by atoms with Gasteiger partial charge in [0, 0.05) is 12.7 Å². The summed E-state index contributed by atoms with van der Waals surface area (Å²) in [5.41, 5.74) is 0.779. The van der Waals surface area contributed by atoms with Crippen LogP contribution >= 0.6 is 0 Å². The molecule has 3 rings (SSSR count). The molecule has 7 nitrogen and oxygen atoms in total. The summed E-state index contributed by atoms with van der Waals surface area (Å²) in [7, 11) is 0. The number of nitrogens with one attached hydrogen (secondary N) is 1. The first-order valence-electron chi connectivity index (χ1n) is 8.06. The summed E-state index contributed by atoms with van der Waals surface area (Å²) in [5, 5.41) is 11.2. The quantitative estimate of drug-likeness (QED) is 0.931. The second kappa shape index (κ2) is 6.95. The Bertz CT molecular complexity index is 669. The summed E-state index contributed by atoms with van der Waals surface area (Å²) in [6, 6.07) is 5.79. The highest BCUT2D eigenvalue weighted by atomic mass is 16.5. The Morgan fingerprint density at radius 3 is 3.13 bits per heavy atom. The first kappa shape index (κ1) is 15.7. The zero-order chi connectivity index (χ0) is 16.2. The monoisotopic (exact) mass is 317 g/mol. The van der Waals surface area contributed by atoms with E-state index >= 15 is 0 Å². The molecule has 2 amide bonds. The van der Waals surface area contributed by atoms with Crippen LogP contribution in [-0.2, 0) is 11.3 Å². The van der Waals surface area contributed by atoms with Gasteiger partial charge >= 0.3 is 6.03 Å². The van der Waals surface area contributed by atoms with Gasteiger partial charge in [0.2, 0.25) is 0 Å². The molecular formula is C16H23N5O2. The third kappa shape index (κ3) is 3.61. The van der Waals surface area contributed by atoms with Crippen molar-refractivity contribution in [2.24, 2.45) is 5.92 Å². The van der Waals surface area contributed by atoms with Gasteiger partial charge in [0.25, 0.3) is 0 Å². The number of morpholine rings is 1. The number of nitrogens with zero attached hydrogens (tertiary/aromatic N) is 4. The molecule has 2 aromatic heterocycles. The molecule has 23 heavy (non-hydrogen) atoms. The molecule has 0 radical (unpaired) electrons. The molecule has 1 aliphatic rings. The van der Waals surface area contributed by atoms with E-state index in [1.54, 1.807) is 0 Å². The smallest absolute Gasteiger partial charge is 0.318 e. The number of hydrogen-bond acceptors (Lipinski definition) is 4. The van der Waals surface area contributed by atoms with Crippen molar-refractivity contribution in [2.45, 2.75) is 32.9 Å². The minimum absolute atomic E-state index is 0.0633. The van der Waals surface area contributed by atoms with Gasteiger partial charge < -0.3 is 15.0 Å². The molecule has 0 aliphatic carbocycles. The van der Waals surface area contributed by atoms with E-state index in [0.29, 0.717) is 32.2 Å². The number of hydrogen-bond donors (Lipinski definition) is 1. The summed E-state index contributed by atoms with van der Waals surface area (Å²) in [4.78, 5) is 14.4. The molecule has 1 saturated heterocycles. The van der Waals surface area contributed by atoms with Gasteiger partial charge in [-0.2, -0.15) is 0 Å². The number of fused-ring (bicyclic) bond motifs is 1. The number of aromatic nitrogens is 3. The minimum Gasteiger partial charge on any atom is -0.377 e. The van der Waals surface area contributed by atoms with Gasteiger partial charge in [0.1, 0.15) is 0 Å². The largest absolute Gasteiger partial charge is 0.377 e. The molecule has 3 heterocycles. The molecule has 0 unspecified atom stereocenters. The lowest BCUT2D eigenvalue weighted by Crippen LogP contribution is -2.52. The van der Waals surface area contributed by atoms with Crippen molar-refractivity contribution < 1.29 is 9.53 Å². The Labute approximate surface area is 135 Å². The first-order chi connectivity index (χ1) is 11.1. The Hall–Kier alpha value is -2.15. The summed E-state index contributed by atoms with van der Waals surface area (Å²) in [6.45, 7) is 6.51. The van der Waals surface area contributed by atoms with Crippen molar-refractivity contribution in [3.63, 3.8) is 0 Å². The van der Waals surface area contributed by atoms with Crippen LogP contribution < -0.4 is 5.32 Å². The highest BCUT2D eigenvalue weighted by Crippen LogP contribution is 2.16. The van der Waals surface area contributed by atoms with Crippen LogP contribution in [-0.4, -0.2) is 51.3 Å². The number of pyridine rings is 1. The number of urea groups is 1. The van der Waals surface area contributed by atoms with Crippen LogP contribution in [0.4, 0.5) is 4.79 Å².